The van der Waals surface area contributed by atoms with E-state index in [1.54, 1.807) is 6.07 Å². The van der Waals surface area contributed by atoms with Gasteiger partial charge in [-0.25, -0.2) is 0 Å². The zero-order valence-corrected chi connectivity index (χ0v) is 9.50. The normalized spacial score (nSPS) is 10.1. The molecule has 1 heterocycles. The first-order valence-corrected chi connectivity index (χ1v) is 5.14. The van der Waals surface area contributed by atoms with Gasteiger partial charge < -0.3 is 10.3 Å². The molecule has 72 valence electrons. The van der Waals surface area contributed by atoms with E-state index in [4.69, 9.17) is 11.6 Å². The molecule has 0 radical (unpaired) electrons. The zero-order valence-electron chi connectivity index (χ0n) is 7.16. The number of H-pyrrole nitrogens is 1. The molecule has 1 aromatic rings. The van der Waals surface area contributed by atoms with E-state index in [2.05, 4.69) is 26.2 Å². The highest BCUT2D eigenvalue weighted by Crippen LogP contribution is 2.22. The summed E-state index contributed by atoms with van der Waals surface area (Å²) in [4.78, 5) is 14.1. The molecule has 0 unspecified atom stereocenters. The second-order valence-corrected chi connectivity index (χ2v) is 3.83. The van der Waals surface area contributed by atoms with Crippen LogP contribution in [0.4, 0.5) is 0 Å². The summed E-state index contributed by atoms with van der Waals surface area (Å²) in [5.41, 5.74) is 0.477. The van der Waals surface area contributed by atoms with E-state index in [-0.39, 0.29) is 5.91 Å². The SMILES string of the molecule is CCCNC(=O)c1cc(Br)c(Cl)[nH]1. The molecule has 5 heteroatoms. The lowest BCUT2D eigenvalue weighted by Gasteiger charge is -1.99. The Bertz CT molecular complexity index is 292. The summed E-state index contributed by atoms with van der Waals surface area (Å²) in [6.07, 6.45) is 0.918. The second kappa shape index (κ2) is 4.67. The summed E-state index contributed by atoms with van der Waals surface area (Å²) in [6, 6.07) is 1.66. The van der Waals surface area contributed by atoms with Crippen molar-refractivity contribution in [3.63, 3.8) is 0 Å². The van der Waals surface area contributed by atoms with Crippen molar-refractivity contribution >= 4 is 33.4 Å². The van der Waals surface area contributed by atoms with Crippen molar-refractivity contribution in [3.8, 4) is 0 Å². The van der Waals surface area contributed by atoms with Crippen LogP contribution in [0.5, 0.6) is 0 Å². The minimum absolute atomic E-state index is 0.130. The Labute approximate surface area is 90.0 Å². The van der Waals surface area contributed by atoms with Gasteiger partial charge in [0.2, 0.25) is 0 Å². The molecule has 13 heavy (non-hydrogen) atoms. The van der Waals surface area contributed by atoms with Crippen LogP contribution in [0.1, 0.15) is 23.8 Å². The Morgan fingerprint density at radius 1 is 1.77 bits per heavy atom. The minimum Gasteiger partial charge on any atom is -0.351 e. The van der Waals surface area contributed by atoms with Gasteiger partial charge in [-0.1, -0.05) is 18.5 Å². The first kappa shape index (κ1) is 10.6. The molecule has 3 nitrogen and oxygen atoms in total. The molecular formula is C8H10BrClN2O. The minimum atomic E-state index is -0.130. The first-order valence-electron chi connectivity index (χ1n) is 3.97. The van der Waals surface area contributed by atoms with Gasteiger partial charge in [-0.05, 0) is 28.4 Å². The number of hydrogen-bond donors (Lipinski definition) is 2. The average Bonchev–Trinajstić information content (AvgIpc) is 2.43. The number of aromatic amines is 1. The summed E-state index contributed by atoms with van der Waals surface area (Å²) in [5, 5.41) is 3.19. The van der Waals surface area contributed by atoms with Crippen LogP contribution in [0.15, 0.2) is 10.5 Å². The standard InChI is InChI=1S/C8H10BrClN2O/c1-2-3-11-8(13)6-4-5(9)7(10)12-6/h4,12H,2-3H2,1H3,(H,11,13). The van der Waals surface area contributed by atoms with Gasteiger partial charge in [0.05, 0.1) is 4.47 Å². The van der Waals surface area contributed by atoms with Gasteiger partial charge in [0.15, 0.2) is 0 Å². The molecule has 0 saturated carbocycles. The van der Waals surface area contributed by atoms with Gasteiger partial charge in [-0.2, -0.15) is 0 Å². The predicted octanol–water partition coefficient (Wildman–Crippen LogP) is 2.57. The molecule has 1 amide bonds. The van der Waals surface area contributed by atoms with E-state index >= 15 is 0 Å². The highest BCUT2D eigenvalue weighted by atomic mass is 79.9. The highest BCUT2D eigenvalue weighted by Gasteiger charge is 2.09. The maximum atomic E-state index is 11.3. The van der Waals surface area contributed by atoms with Gasteiger partial charge in [-0.15, -0.1) is 0 Å². The van der Waals surface area contributed by atoms with Gasteiger partial charge in [-0.3, -0.25) is 4.79 Å². The molecule has 0 bridgehead atoms. The lowest BCUT2D eigenvalue weighted by molar-refractivity contribution is 0.0949. The Morgan fingerprint density at radius 2 is 2.46 bits per heavy atom. The van der Waals surface area contributed by atoms with Crippen molar-refractivity contribution in [2.24, 2.45) is 0 Å². The largest absolute Gasteiger partial charge is 0.351 e. The predicted molar refractivity (Wildman–Crippen MR) is 56.1 cm³/mol. The van der Waals surface area contributed by atoms with Gasteiger partial charge >= 0.3 is 0 Å². The van der Waals surface area contributed by atoms with E-state index in [0.717, 1.165) is 6.42 Å². The molecule has 0 aliphatic rings. The molecule has 0 fully saturated rings. The fourth-order valence-corrected chi connectivity index (χ4v) is 1.34. The van der Waals surface area contributed by atoms with Crippen LogP contribution in [-0.4, -0.2) is 17.4 Å². The molecule has 0 atom stereocenters. The fourth-order valence-electron chi connectivity index (χ4n) is 0.860. The molecule has 0 aliphatic heterocycles. The molecular weight excluding hydrogens is 255 g/mol. The second-order valence-electron chi connectivity index (χ2n) is 2.60. The van der Waals surface area contributed by atoms with Crippen molar-refractivity contribution < 1.29 is 4.79 Å². The molecule has 2 N–H and O–H groups in total. The fraction of sp³-hybridized carbons (Fsp3) is 0.375. The Hall–Kier alpha value is -0.480. The van der Waals surface area contributed by atoms with E-state index in [0.29, 0.717) is 21.9 Å². The summed E-state index contributed by atoms with van der Waals surface area (Å²) in [5.74, 6) is -0.130. The van der Waals surface area contributed by atoms with E-state index < -0.39 is 0 Å². The number of aromatic nitrogens is 1. The Morgan fingerprint density at radius 3 is 2.92 bits per heavy atom. The third kappa shape index (κ3) is 2.74. The number of rotatable bonds is 3. The van der Waals surface area contributed by atoms with Crippen molar-refractivity contribution in [2.45, 2.75) is 13.3 Å². The van der Waals surface area contributed by atoms with Gasteiger partial charge in [0.1, 0.15) is 10.8 Å². The summed E-state index contributed by atoms with van der Waals surface area (Å²) < 4.78 is 0.704. The number of carbonyl (C=O) groups is 1. The zero-order chi connectivity index (χ0) is 9.84. The maximum Gasteiger partial charge on any atom is 0.267 e. The number of nitrogens with one attached hydrogen (secondary N) is 2. The number of amides is 1. The molecule has 0 aliphatic carbocycles. The van der Waals surface area contributed by atoms with Crippen LogP contribution >= 0.6 is 27.5 Å². The first-order chi connectivity index (χ1) is 6.15. The van der Waals surface area contributed by atoms with Crippen molar-refractivity contribution in [1.82, 2.24) is 10.3 Å². The van der Waals surface area contributed by atoms with Crippen LogP contribution in [0, 0.1) is 0 Å². The van der Waals surface area contributed by atoms with E-state index in [1.807, 2.05) is 6.92 Å². The molecule has 1 aromatic heterocycles. The quantitative estimate of drug-likeness (QED) is 0.867. The average molecular weight is 266 g/mol. The Balaban J connectivity index is 2.66. The number of halogens is 2. The number of hydrogen-bond acceptors (Lipinski definition) is 1. The monoisotopic (exact) mass is 264 g/mol. The van der Waals surface area contributed by atoms with Crippen molar-refractivity contribution in [3.05, 3.63) is 21.4 Å². The summed E-state index contributed by atoms with van der Waals surface area (Å²) in [6.45, 7) is 2.67. The lowest BCUT2D eigenvalue weighted by Crippen LogP contribution is -2.24. The van der Waals surface area contributed by atoms with Crippen LogP contribution in [0.3, 0.4) is 0 Å². The third-order valence-electron chi connectivity index (χ3n) is 1.51. The van der Waals surface area contributed by atoms with Crippen LogP contribution < -0.4 is 5.32 Å². The van der Waals surface area contributed by atoms with E-state index in [9.17, 15) is 4.79 Å². The smallest absolute Gasteiger partial charge is 0.267 e. The van der Waals surface area contributed by atoms with Gasteiger partial charge in [0, 0.05) is 6.54 Å². The number of carbonyl (C=O) groups excluding carboxylic acids is 1. The lowest BCUT2D eigenvalue weighted by atomic mass is 10.4. The van der Waals surface area contributed by atoms with Gasteiger partial charge in [0.25, 0.3) is 5.91 Å². The summed E-state index contributed by atoms with van der Waals surface area (Å²) in [7, 11) is 0. The van der Waals surface area contributed by atoms with Crippen molar-refractivity contribution in [1.29, 1.82) is 0 Å². The van der Waals surface area contributed by atoms with Crippen LogP contribution in [0.2, 0.25) is 5.15 Å². The van der Waals surface area contributed by atoms with Crippen molar-refractivity contribution in [2.75, 3.05) is 6.54 Å². The van der Waals surface area contributed by atoms with E-state index in [1.165, 1.54) is 0 Å². The maximum absolute atomic E-state index is 11.3. The molecule has 0 saturated heterocycles. The highest BCUT2D eigenvalue weighted by molar-refractivity contribution is 9.10. The Kier molecular flexibility index (Phi) is 3.81. The third-order valence-corrected chi connectivity index (χ3v) is 2.66. The molecule has 0 spiro atoms. The van der Waals surface area contributed by atoms with Crippen LogP contribution in [-0.2, 0) is 0 Å². The molecule has 1 rings (SSSR count). The molecule has 0 aromatic carbocycles. The summed E-state index contributed by atoms with van der Waals surface area (Å²) >= 11 is 8.93. The topological polar surface area (TPSA) is 44.9 Å². The van der Waals surface area contributed by atoms with Crippen LogP contribution in [0.25, 0.3) is 0 Å².